The number of rotatable bonds is 4. The number of aromatic nitrogens is 1. The zero-order valence-corrected chi connectivity index (χ0v) is 24.3. The number of amides is 2. The average Bonchev–Trinajstić information content (AvgIpc) is 3.37. The molecule has 0 saturated carbocycles. The number of anilines is 2. The molecule has 4 aromatic rings. The van der Waals surface area contributed by atoms with E-state index in [0.29, 0.717) is 28.9 Å². The van der Waals surface area contributed by atoms with Gasteiger partial charge >= 0.3 is 6.09 Å². The third-order valence-electron chi connectivity index (χ3n) is 7.33. The fourth-order valence-electron chi connectivity index (χ4n) is 5.60. The Kier molecular flexibility index (Phi) is 7.34. The summed E-state index contributed by atoms with van der Waals surface area (Å²) in [6.45, 7) is 9.02. The van der Waals surface area contributed by atoms with E-state index in [1.165, 1.54) is 4.57 Å². The molecule has 1 aliphatic rings. The number of para-hydroxylation sites is 1. The van der Waals surface area contributed by atoms with Crippen LogP contribution in [0.25, 0.3) is 10.9 Å². The molecular formula is C33H35N3O5. The topological polar surface area (TPSA) is 81.1 Å². The zero-order chi connectivity index (χ0) is 29.5. The van der Waals surface area contributed by atoms with Gasteiger partial charge in [-0.3, -0.25) is 14.2 Å². The molecule has 2 atom stereocenters. The molecule has 0 spiro atoms. The van der Waals surface area contributed by atoms with Crippen LogP contribution in [-0.2, 0) is 9.53 Å². The highest BCUT2D eigenvalue weighted by atomic mass is 16.6. The van der Waals surface area contributed by atoms with Crippen LogP contribution in [0.5, 0.6) is 5.75 Å². The third kappa shape index (κ3) is 5.29. The van der Waals surface area contributed by atoms with E-state index in [1.54, 1.807) is 49.4 Å². The molecule has 0 N–H and O–H groups in total. The second kappa shape index (κ2) is 10.8. The van der Waals surface area contributed by atoms with Gasteiger partial charge in [-0.1, -0.05) is 24.3 Å². The quantitative estimate of drug-likeness (QED) is 0.273. The van der Waals surface area contributed by atoms with Crippen LogP contribution in [-0.4, -0.2) is 41.2 Å². The molecule has 2 amide bonds. The van der Waals surface area contributed by atoms with E-state index >= 15 is 0 Å². The molecule has 0 unspecified atom stereocenters. The minimum absolute atomic E-state index is 0.114. The van der Waals surface area contributed by atoms with E-state index in [4.69, 9.17) is 9.47 Å². The lowest BCUT2D eigenvalue weighted by molar-refractivity contribution is -0.117. The second-order valence-electron chi connectivity index (χ2n) is 11.3. The Labute approximate surface area is 240 Å². The number of carbonyl (C=O) groups excluding carboxylic acids is 3. The Morgan fingerprint density at radius 1 is 0.927 bits per heavy atom. The van der Waals surface area contributed by atoms with Crippen LogP contribution in [0.15, 0.2) is 79.0 Å². The van der Waals surface area contributed by atoms with Gasteiger partial charge in [0.05, 0.1) is 24.4 Å². The van der Waals surface area contributed by atoms with Crippen LogP contribution in [0, 0.1) is 0 Å². The first kappa shape index (κ1) is 28.0. The van der Waals surface area contributed by atoms with Crippen molar-refractivity contribution in [1.82, 2.24) is 4.57 Å². The van der Waals surface area contributed by atoms with E-state index in [-0.39, 0.29) is 23.9 Å². The maximum Gasteiger partial charge on any atom is 0.418 e. The number of benzene rings is 3. The van der Waals surface area contributed by atoms with Gasteiger partial charge in [-0.15, -0.1) is 0 Å². The summed E-state index contributed by atoms with van der Waals surface area (Å²) in [4.78, 5) is 43.6. The molecule has 0 aliphatic carbocycles. The maximum absolute atomic E-state index is 13.8. The fraction of sp³-hybridized carbons (Fsp3) is 0.303. The number of hydrogen-bond acceptors (Lipinski definition) is 5. The molecule has 0 fully saturated rings. The van der Waals surface area contributed by atoms with Crippen molar-refractivity contribution >= 4 is 40.2 Å². The predicted molar refractivity (Wildman–Crippen MR) is 160 cm³/mol. The van der Waals surface area contributed by atoms with Crippen molar-refractivity contribution in [3.8, 4) is 5.75 Å². The van der Waals surface area contributed by atoms with Gasteiger partial charge in [0.15, 0.2) is 0 Å². The van der Waals surface area contributed by atoms with E-state index in [1.807, 2.05) is 81.1 Å². The monoisotopic (exact) mass is 553 g/mol. The molecule has 5 rings (SSSR count). The van der Waals surface area contributed by atoms with E-state index < -0.39 is 11.7 Å². The molecule has 0 bridgehead atoms. The van der Waals surface area contributed by atoms with Crippen molar-refractivity contribution in [3.63, 3.8) is 0 Å². The summed E-state index contributed by atoms with van der Waals surface area (Å²) in [5.41, 5.74) is 2.90. The van der Waals surface area contributed by atoms with Crippen molar-refractivity contribution in [1.29, 1.82) is 0 Å². The Hall–Kier alpha value is -4.59. The van der Waals surface area contributed by atoms with E-state index in [2.05, 4.69) is 0 Å². The summed E-state index contributed by atoms with van der Waals surface area (Å²) in [5, 5.41) is 0.760. The SMILES string of the molecule is COc1ccc(C(=O)N2c3ccccc3[C@H](N(C(C)=O)c3cccc4c3ccn4C(=O)OC(C)(C)C)C[C@@H]2C)cc1. The fourth-order valence-corrected chi connectivity index (χ4v) is 5.60. The number of carbonyl (C=O) groups is 3. The minimum Gasteiger partial charge on any atom is -0.497 e. The summed E-state index contributed by atoms with van der Waals surface area (Å²) in [7, 11) is 1.59. The highest BCUT2D eigenvalue weighted by Crippen LogP contribution is 2.44. The largest absolute Gasteiger partial charge is 0.497 e. The normalized spacial score (nSPS) is 16.7. The lowest BCUT2D eigenvalue weighted by Crippen LogP contribution is -2.47. The number of hydrogen-bond donors (Lipinski definition) is 0. The molecule has 41 heavy (non-hydrogen) atoms. The van der Waals surface area contributed by atoms with Gasteiger partial charge in [-0.25, -0.2) is 4.79 Å². The van der Waals surface area contributed by atoms with Crippen molar-refractivity contribution in [2.45, 2.75) is 58.7 Å². The number of nitrogens with zero attached hydrogens (tertiary/aromatic N) is 3. The van der Waals surface area contributed by atoms with Crippen molar-refractivity contribution < 1.29 is 23.9 Å². The molecule has 2 heterocycles. The van der Waals surface area contributed by atoms with Gasteiger partial charge in [0.25, 0.3) is 5.91 Å². The highest BCUT2D eigenvalue weighted by Gasteiger charge is 2.38. The van der Waals surface area contributed by atoms with Crippen LogP contribution in [0.4, 0.5) is 16.2 Å². The zero-order valence-electron chi connectivity index (χ0n) is 24.3. The van der Waals surface area contributed by atoms with Gasteiger partial charge in [0.1, 0.15) is 11.4 Å². The Bertz CT molecular complexity index is 1620. The molecule has 3 aromatic carbocycles. The minimum atomic E-state index is -0.645. The predicted octanol–water partition coefficient (Wildman–Crippen LogP) is 6.97. The lowest BCUT2D eigenvalue weighted by atomic mass is 9.89. The van der Waals surface area contributed by atoms with E-state index in [9.17, 15) is 14.4 Å². The van der Waals surface area contributed by atoms with E-state index in [0.717, 1.165) is 16.6 Å². The van der Waals surface area contributed by atoms with Crippen LogP contribution >= 0.6 is 0 Å². The molecule has 1 aliphatic heterocycles. The Morgan fingerprint density at radius 3 is 2.29 bits per heavy atom. The van der Waals surface area contributed by atoms with Crippen molar-refractivity contribution in [2.75, 3.05) is 16.9 Å². The van der Waals surface area contributed by atoms with Crippen LogP contribution in [0.2, 0.25) is 0 Å². The maximum atomic E-state index is 13.8. The number of fused-ring (bicyclic) bond motifs is 2. The molecule has 212 valence electrons. The summed E-state index contributed by atoms with van der Waals surface area (Å²) in [6, 6.07) is 21.7. The van der Waals surface area contributed by atoms with Gasteiger partial charge in [0, 0.05) is 35.8 Å². The first-order chi connectivity index (χ1) is 19.5. The second-order valence-corrected chi connectivity index (χ2v) is 11.3. The summed E-state index contributed by atoms with van der Waals surface area (Å²) < 4.78 is 12.3. The lowest BCUT2D eigenvalue weighted by Gasteiger charge is -2.43. The molecular weight excluding hydrogens is 518 g/mol. The first-order valence-corrected chi connectivity index (χ1v) is 13.7. The highest BCUT2D eigenvalue weighted by molar-refractivity contribution is 6.08. The van der Waals surface area contributed by atoms with Crippen molar-refractivity contribution in [2.24, 2.45) is 0 Å². The smallest absolute Gasteiger partial charge is 0.418 e. The van der Waals surface area contributed by atoms with Crippen LogP contribution in [0.1, 0.15) is 63.0 Å². The summed E-state index contributed by atoms with van der Waals surface area (Å²) in [6.07, 6.45) is 1.72. The van der Waals surface area contributed by atoms with Gasteiger partial charge in [-0.05, 0) is 88.2 Å². The molecule has 8 nitrogen and oxygen atoms in total. The van der Waals surface area contributed by atoms with Gasteiger partial charge < -0.3 is 19.3 Å². The molecule has 0 radical (unpaired) electrons. The van der Waals surface area contributed by atoms with Crippen LogP contribution < -0.4 is 14.5 Å². The average molecular weight is 554 g/mol. The van der Waals surface area contributed by atoms with Crippen LogP contribution in [0.3, 0.4) is 0 Å². The Balaban J connectivity index is 1.56. The number of methoxy groups -OCH3 is 1. The molecule has 8 heteroatoms. The standard InChI is InChI=1S/C33H35N3O5/c1-21-20-30(25-10-7-8-11-28(25)35(21)31(38)23-14-16-24(40-6)17-15-23)36(22(2)37)29-13-9-12-27-26(29)18-19-34(27)32(39)41-33(3,4)5/h7-19,21,30H,20H2,1-6H3/t21-,30+/m0/s1. The Morgan fingerprint density at radius 2 is 1.63 bits per heavy atom. The molecule has 1 aromatic heterocycles. The number of ether oxygens (including phenoxy) is 2. The molecule has 0 saturated heterocycles. The van der Waals surface area contributed by atoms with Gasteiger partial charge in [-0.2, -0.15) is 0 Å². The third-order valence-corrected chi connectivity index (χ3v) is 7.33. The summed E-state index contributed by atoms with van der Waals surface area (Å²) in [5.74, 6) is 0.432. The van der Waals surface area contributed by atoms with Gasteiger partial charge in [0.2, 0.25) is 5.91 Å². The summed E-state index contributed by atoms with van der Waals surface area (Å²) >= 11 is 0. The first-order valence-electron chi connectivity index (χ1n) is 13.7. The van der Waals surface area contributed by atoms with Crippen molar-refractivity contribution in [3.05, 3.63) is 90.1 Å².